The lowest BCUT2D eigenvalue weighted by atomic mass is 10.0. The Hall–Kier alpha value is -3.63. The first-order chi connectivity index (χ1) is 16.0. The second kappa shape index (κ2) is 14.5. The van der Waals surface area contributed by atoms with Gasteiger partial charge in [0.15, 0.2) is 5.96 Å². The average molecular weight is 476 g/mol. The fourth-order valence-electron chi connectivity index (χ4n) is 3.34. The first kappa shape index (κ1) is 28.4. The minimum absolute atomic E-state index is 0.0643. The van der Waals surface area contributed by atoms with E-state index in [2.05, 4.69) is 20.9 Å². The quantitative estimate of drug-likeness (QED) is 0.117. The number of hydrogen-bond acceptors (Lipinski definition) is 5. The van der Waals surface area contributed by atoms with Crippen molar-refractivity contribution in [3.63, 3.8) is 0 Å². The Morgan fingerprint density at radius 3 is 2.00 bits per heavy atom. The molecule has 0 saturated carbocycles. The predicted molar refractivity (Wildman–Crippen MR) is 130 cm³/mol. The van der Waals surface area contributed by atoms with Gasteiger partial charge in [0.25, 0.3) is 0 Å². The van der Waals surface area contributed by atoms with Gasteiger partial charge in [0.05, 0.1) is 0 Å². The number of guanidine groups is 1. The molecule has 34 heavy (non-hydrogen) atoms. The molecular weight excluding hydrogens is 438 g/mol. The van der Waals surface area contributed by atoms with Crippen molar-refractivity contribution in [1.82, 2.24) is 16.0 Å². The zero-order chi connectivity index (χ0) is 25.7. The molecule has 9 N–H and O–H groups in total. The van der Waals surface area contributed by atoms with Crippen LogP contribution in [0.5, 0.6) is 0 Å². The number of rotatable bonds is 14. The molecule has 0 aliphatic rings. The van der Waals surface area contributed by atoms with Gasteiger partial charge < -0.3 is 33.2 Å². The summed E-state index contributed by atoms with van der Waals surface area (Å²) in [6.07, 6.45) is 1.25. The van der Waals surface area contributed by atoms with Crippen molar-refractivity contribution in [1.29, 1.82) is 0 Å². The Bertz CT molecular complexity index is 854. The number of primary amides is 1. The van der Waals surface area contributed by atoms with Crippen molar-refractivity contribution in [2.75, 3.05) is 6.54 Å². The standard InChI is InChI=1S/C23H37N7O4/c1-14(2)12-18(20(24)32)29-22(34)19(13-16-8-5-4-6-9-16)30-21(33)17(28-15(3)31)10-7-11-27-23(25)26/h4-6,8-9,14,17-19H,7,10-13H2,1-3H3,(H2,24,32)(H,28,31)(H,29,34)(H,30,33)(H4,25,26,27). The molecule has 0 saturated heterocycles. The first-order valence-corrected chi connectivity index (χ1v) is 11.3. The molecule has 0 heterocycles. The smallest absolute Gasteiger partial charge is 0.243 e. The zero-order valence-corrected chi connectivity index (χ0v) is 20.0. The van der Waals surface area contributed by atoms with Gasteiger partial charge in [-0.15, -0.1) is 0 Å². The van der Waals surface area contributed by atoms with Crippen molar-refractivity contribution >= 4 is 29.6 Å². The number of nitrogens with zero attached hydrogens (tertiary/aromatic N) is 1. The molecule has 0 fully saturated rings. The van der Waals surface area contributed by atoms with E-state index < -0.39 is 41.8 Å². The second-order valence-electron chi connectivity index (χ2n) is 8.55. The van der Waals surface area contributed by atoms with Gasteiger partial charge in [-0.05, 0) is 30.7 Å². The summed E-state index contributed by atoms with van der Waals surface area (Å²) in [6, 6.07) is 6.39. The van der Waals surface area contributed by atoms with Gasteiger partial charge in [-0.25, -0.2) is 0 Å². The number of aliphatic imine (C=N–C) groups is 1. The molecule has 188 valence electrons. The number of amides is 4. The SMILES string of the molecule is CC(=O)NC(CCCN=C(N)N)C(=O)NC(Cc1ccccc1)C(=O)NC(CC(C)C)C(N)=O. The average Bonchev–Trinajstić information content (AvgIpc) is 2.74. The van der Waals surface area contributed by atoms with Crippen LogP contribution >= 0.6 is 0 Å². The summed E-state index contributed by atoms with van der Waals surface area (Å²) in [5, 5.41) is 7.97. The molecule has 4 amide bonds. The number of benzene rings is 1. The van der Waals surface area contributed by atoms with E-state index in [0.717, 1.165) is 5.56 Å². The van der Waals surface area contributed by atoms with E-state index in [9.17, 15) is 19.2 Å². The number of nitrogens with two attached hydrogens (primary N) is 3. The van der Waals surface area contributed by atoms with E-state index in [0.29, 0.717) is 12.8 Å². The largest absolute Gasteiger partial charge is 0.370 e. The van der Waals surface area contributed by atoms with Crippen molar-refractivity contribution in [3.05, 3.63) is 35.9 Å². The highest BCUT2D eigenvalue weighted by Gasteiger charge is 2.29. The van der Waals surface area contributed by atoms with Gasteiger partial charge in [0, 0.05) is 19.9 Å². The predicted octanol–water partition coefficient (Wildman–Crippen LogP) is -0.712. The molecule has 0 aliphatic carbocycles. The summed E-state index contributed by atoms with van der Waals surface area (Å²) in [5.74, 6) is -2.06. The normalized spacial score (nSPS) is 13.3. The van der Waals surface area contributed by atoms with E-state index in [1.807, 2.05) is 44.2 Å². The molecule has 1 rings (SSSR count). The van der Waals surface area contributed by atoms with E-state index in [-0.39, 0.29) is 31.3 Å². The van der Waals surface area contributed by atoms with Gasteiger partial charge in [0.1, 0.15) is 18.1 Å². The molecule has 0 spiro atoms. The molecule has 0 bridgehead atoms. The highest BCUT2D eigenvalue weighted by molar-refractivity contribution is 5.94. The third-order valence-electron chi connectivity index (χ3n) is 4.92. The van der Waals surface area contributed by atoms with Crippen LogP contribution in [0.1, 0.15) is 45.6 Å². The van der Waals surface area contributed by atoms with Gasteiger partial charge in [-0.3, -0.25) is 24.2 Å². The van der Waals surface area contributed by atoms with Crippen LogP contribution < -0.4 is 33.2 Å². The monoisotopic (exact) mass is 475 g/mol. The second-order valence-corrected chi connectivity index (χ2v) is 8.55. The Kier molecular flexibility index (Phi) is 12.1. The lowest BCUT2D eigenvalue weighted by Gasteiger charge is -2.25. The Morgan fingerprint density at radius 1 is 0.882 bits per heavy atom. The lowest BCUT2D eigenvalue weighted by molar-refractivity contribution is -0.133. The minimum atomic E-state index is -0.988. The maximum Gasteiger partial charge on any atom is 0.243 e. The van der Waals surface area contributed by atoms with E-state index >= 15 is 0 Å². The first-order valence-electron chi connectivity index (χ1n) is 11.3. The van der Waals surface area contributed by atoms with Crippen molar-refractivity contribution < 1.29 is 19.2 Å². The summed E-state index contributed by atoms with van der Waals surface area (Å²) in [7, 11) is 0. The molecule has 3 unspecified atom stereocenters. The molecule has 1 aromatic rings. The van der Waals surface area contributed by atoms with Crippen LogP contribution in [0.15, 0.2) is 35.3 Å². The fourth-order valence-corrected chi connectivity index (χ4v) is 3.34. The Labute approximate surface area is 200 Å². The van der Waals surface area contributed by atoms with Crippen molar-refractivity contribution in [2.24, 2.45) is 28.1 Å². The molecule has 3 atom stereocenters. The number of carbonyl (C=O) groups excluding carboxylic acids is 4. The van der Waals surface area contributed by atoms with Crippen LogP contribution in [-0.4, -0.2) is 54.3 Å². The van der Waals surface area contributed by atoms with Gasteiger partial charge in [0.2, 0.25) is 23.6 Å². The summed E-state index contributed by atoms with van der Waals surface area (Å²) in [6.45, 7) is 5.40. The van der Waals surface area contributed by atoms with Gasteiger partial charge >= 0.3 is 0 Å². The van der Waals surface area contributed by atoms with Crippen molar-refractivity contribution in [2.45, 2.75) is 64.6 Å². The summed E-state index contributed by atoms with van der Waals surface area (Å²) >= 11 is 0. The number of hydrogen-bond donors (Lipinski definition) is 6. The van der Waals surface area contributed by atoms with Crippen molar-refractivity contribution in [3.8, 4) is 0 Å². The Morgan fingerprint density at radius 2 is 1.47 bits per heavy atom. The molecule has 11 nitrogen and oxygen atoms in total. The highest BCUT2D eigenvalue weighted by Crippen LogP contribution is 2.08. The van der Waals surface area contributed by atoms with Crippen LogP contribution in [0, 0.1) is 5.92 Å². The summed E-state index contributed by atoms with van der Waals surface area (Å²) < 4.78 is 0. The van der Waals surface area contributed by atoms with Crippen LogP contribution in [0.25, 0.3) is 0 Å². The van der Waals surface area contributed by atoms with E-state index in [1.54, 1.807) is 0 Å². The molecule has 0 radical (unpaired) electrons. The van der Waals surface area contributed by atoms with Crippen LogP contribution in [0.4, 0.5) is 0 Å². The van der Waals surface area contributed by atoms with Gasteiger partial charge in [-0.1, -0.05) is 44.2 Å². The lowest BCUT2D eigenvalue weighted by Crippen LogP contribution is -2.57. The van der Waals surface area contributed by atoms with E-state index in [4.69, 9.17) is 17.2 Å². The van der Waals surface area contributed by atoms with Crippen LogP contribution in [0.3, 0.4) is 0 Å². The topological polar surface area (TPSA) is 195 Å². The molecule has 0 aliphatic heterocycles. The summed E-state index contributed by atoms with van der Waals surface area (Å²) in [4.78, 5) is 53.5. The highest BCUT2D eigenvalue weighted by atomic mass is 16.2. The maximum absolute atomic E-state index is 13.1. The fraction of sp³-hybridized carbons (Fsp3) is 0.522. The molecule has 0 aromatic heterocycles. The van der Waals surface area contributed by atoms with E-state index in [1.165, 1.54) is 6.92 Å². The molecule has 1 aromatic carbocycles. The molecular formula is C23H37N7O4. The number of carbonyl (C=O) groups is 4. The molecule has 11 heteroatoms. The minimum Gasteiger partial charge on any atom is -0.370 e. The van der Waals surface area contributed by atoms with Crippen LogP contribution in [0.2, 0.25) is 0 Å². The third kappa shape index (κ3) is 11.3. The number of nitrogens with one attached hydrogen (secondary N) is 3. The summed E-state index contributed by atoms with van der Waals surface area (Å²) in [5.41, 5.74) is 16.9. The third-order valence-corrected chi connectivity index (χ3v) is 4.92. The van der Waals surface area contributed by atoms with Crippen LogP contribution in [-0.2, 0) is 25.6 Å². The zero-order valence-electron chi connectivity index (χ0n) is 20.0. The van der Waals surface area contributed by atoms with Gasteiger partial charge in [-0.2, -0.15) is 0 Å². The Balaban J connectivity index is 3.03. The maximum atomic E-state index is 13.1.